The molecule has 0 amide bonds. The topological polar surface area (TPSA) is 49.7 Å². The van der Waals surface area contributed by atoms with Crippen LogP contribution in [0.1, 0.15) is 1.43 Å². The monoisotopic (exact) mass is 196 g/mol. The molecule has 0 saturated carbocycles. The van der Waals surface area contributed by atoms with Crippen molar-refractivity contribution in [2.75, 3.05) is 0 Å². The maximum atomic E-state index is 7.69. The molecular formula is H3BILiO3. The fourth-order valence-electron chi connectivity index (χ4n) is 0. The van der Waals surface area contributed by atoms with E-state index in [-0.39, 0.29) is 20.3 Å². The zero-order valence-corrected chi connectivity index (χ0v) is 5.42. The van der Waals surface area contributed by atoms with Crippen molar-refractivity contribution in [3.63, 3.8) is 0 Å². The van der Waals surface area contributed by atoms with Crippen LogP contribution in [0, 0.1) is 0 Å². The first-order valence-corrected chi connectivity index (χ1v) is 1.79. The van der Waals surface area contributed by atoms with E-state index < -0.39 is 7.32 Å². The van der Waals surface area contributed by atoms with Crippen molar-refractivity contribution < 1.29 is 33.3 Å². The molecule has 0 saturated heterocycles. The minimum Gasteiger partial charge on any atom is -1.00 e. The van der Waals surface area contributed by atoms with E-state index in [0.29, 0.717) is 0 Å². The van der Waals surface area contributed by atoms with Crippen molar-refractivity contribution in [1.29, 1.82) is 0 Å². The fourth-order valence-corrected chi connectivity index (χ4v) is 0. The third-order valence-electron chi connectivity index (χ3n) is 0.0797. The molecule has 0 radical (unpaired) electrons. The molecule has 6 heavy (non-hydrogen) atoms. The summed E-state index contributed by atoms with van der Waals surface area (Å²) < 4.78 is 3.83. The van der Waals surface area contributed by atoms with E-state index in [0.717, 1.165) is 0 Å². The minimum atomic E-state index is -1.63. The zero-order valence-electron chi connectivity index (χ0n) is 4.26. The summed E-state index contributed by atoms with van der Waals surface area (Å²) in [5.41, 5.74) is 0. The zero-order chi connectivity index (χ0) is 4.28. The van der Waals surface area contributed by atoms with Gasteiger partial charge in [-0.1, -0.05) is 0 Å². The van der Waals surface area contributed by atoms with Crippen molar-refractivity contribution in [2.24, 2.45) is 0 Å². The third-order valence-corrected chi connectivity index (χ3v) is 0.535. The predicted molar refractivity (Wildman–Crippen MR) is 26.4 cm³/mol. The van der Waals surface area contributed by atoms with Gasteiger partial charge in [0.1, 0.15) is 0 Å². The van der Waals surface area contributed by atoms with Crippen molar-refractivity contribution in [3.05, 3.63) is 0 Å². The van der Waals surface area contributed by atoms with Crippen LogP contribution in [0.15, 0.2) is 0 Å². The summed E-state index contributed by atoms with van der Waals surface area (Å²) in [5.74, 6) is 0. The van der Waals surface area contributed by atoms with Gasteiger partial charge < -0.3 is 14.5 Å². The van der Waals surface area contributed by atoms with Gasteiger partial charge in [0.25, 0.3) is 0 Å². The van der Waals surface area contributed by atoms with Gasteiger partial charge in [-0.3, -0.25) is 0 Å². The van der Waals surface area contributed by atoms with Gasteiger partial charge >= 0.3 is 26.2 Å². The van der Waals surface area contributed by atoms with Gasteiger partial charge in [-0.15, -0.1) is 0 Å². The molecule has 3 nitrogen and oxygen atoms in total. The maximum absolute atomic E-state index is 7.69. The maximum Gasteiger partial charge on any atom is 1.00 e. The Morgan fingerprint density at radius 2 is 1.83 bits per heavy atom. The van der Waals surface area contributed by atoms with Crippen molar-refractivity contribution in [3.8, 4) is 0 Å². The second-order valence-electron chi connectivity index (χ2n) is 0.415. The first kappa shape index (κ1) is 10.3. The molecule has 0 aromatic heterocycles. The molecule has 0 aliphatic heterocycles. The summed E-state index contributed by atoms with van der Waals surface area (Å²) in [6, 6.07) is 0. The fraction of sp³-hybridized carbons (Fsp3) is 0. The van der Waals surface area contributed by atoms with E-state index in [2.05, 4.69) is 2.98 Å². The second-order valence-corrected chi connectivity index (χ2v) is 0.924. The summed E-state index contributed by atoms with van der Waals surface area (Å²) in [7, 11) is -1.63. The van der Waals surface area contributed by atoms with Crippen LogP contribution in [-0.2, 0) is 2.98 Å². The van der Waals surface area contributed by atoms with Crippen LogP contribution in [0.25, 0.3) is 0 Å². The van der Waals surface area contributed by atoms with Crippen molar-refractivity contribution >= 4 is 30.3 Å². The molecule has 2 N–H and O–H groups in total. The first-order valence-electron chi connectivity index (χ1n) is 0.906. The van der Waals surface area contributed by atoms with Gasteiger partial charge in [0.05, 0.1) is 23.0 Å². The van der Waals surface area contributed by atoms with Crippen molar-refractivity contribution in [2.45, 2.75) is 0 Å². The van der Waals surface area contributed by atoms with Gasteiger partial charge in [0, 0.05) is 0 Å². The Morgan fingerprint density at radius 1 is 1.67 bits per heavy atom. The number of halogens is 1. The van der Waals surface area contributed by atoms with E-state index in [1.54, 1.807) is 0 Å². The molecule has 0 aromatic carbocycles. The third kappa shape index (κ3) is 8.99. The molecule has 0 aliphatic carbocycles. The van der Waals surface area contributed by atoms with E-state index in [9.17, 15) is 0 Å². The molecule has 0 atom stereocenters. The Labute approximate surface area is 63.6 Å². The molecule has 0 heterocycles. The molecule has 0 fully saturated rings. The van der Waals surface area contributed by atoms with Crippen LogP contribution >= 0.6 is 23.0 Å². The molecule has 0 aliphatic rings. The number of hydrogen-bond donors (Lipinski definition) is 2. The average molecular weight is 196 g/mol. The van der Waals surface area contributed by atoms with Crippen LogP contribution < -0.4 is 18.9 Å². The van der Waals surface area contributed by atoms with E-state index in [4.69, 9.17) is 10.0 Å². The van der Waals surface area contributed by atoms with E-state index >= 15 is 0 Å². The molecular weight excluding hydrogens is 193 g/mol. The molecule has 32 valence electrons. The summed E-state index contributed by atoms with van der Waals surface area (Å²) in [6.07, 6.45) is 0. The first-order chi connectivity index (χ1) is 2.27. The second kappa shape index (κ2) is 6.27. The minimum absolute atomic E-state index is 0. The standard InChI is InChI=1S/BH2IO3.Li.H/c2-5-1(3)4;;/h3-4H;;/q;+1;-1. The molecule has 0 rings (SSSR count). The Morgan fingerprint density at radius 3 is 1.83 bits per heavy atom. The summed E-state index contributed by atoms with van der Waals surface area (Å²) in [4.78, 5) is 0. The van der Waals surface area contributed by atoms with Crippen LogP contribution in [0.3, 0.4) is 0 Å². The quantitative estimate of drug-likeness (QED) is 0.337. The number of hydrogen-bond acceptors (Lipinski definition) is 3. The average Bonchev–Trinajstić information content (AvgIpc) is 1.38. The van der Waals surface area contributed by atoms with Crippen LogP contribution in [0.5, 0.6) is 0 Å². The molecule has 0 spiro atoms. The van der Waals surface area contributed by atoms with E-state index in [1.807, 2.05) is 0 Å². The molecule has 6 heteroatoms. The normalized spacial score (nSPS) is 6.50. The predicted octanol–water partition coefficient (Wildman–Crippen LogP) is -3.56. The van der Waals surface area contributed by atoms with Gasteiger partial charge in [0.15, 0.2) is 0 Å². The summed E-state index contributed by atoms with van der Waals surface area (Å²) >= 11 is 1.38. The van der Waals surface area contributed by atoms with Crippen LogP contribution in [0.2, 0.25) is 0 Å². The molecule has 0 bridgehead atoms. The van der Waals surface area contributed by atoms with Gasteiger partial charge in [-0.05, 0) is 0 Å². The Bertz CT molecular complexity index is 28.9. The van der Waals surface area contributed by atoms with Crippen molar-refractivity contribution in [1.82, 2.24) is 0 Å². The molecule has 0 unspecified atom stereocenters. The van der Waals surface area contributed by atoms with Gasteiger partial charge in [-0.2, -0.15) is 0 Å². The molecule has 0 aromatic rings. The largest absolute Gasteiger partial charge is 1.00 e. The Hall–Kier alpha value is 1.27. The number of rotatable bonds is 1. The Balaban J connectivity index is -0.0000000800. The van der Waals surface area contributed by atoms with E-state index in [1.165, 1.54) is 23.0 Å². The summed E-state index contributed by atoms with van der Waals surface area (Å²) in [5, 5.41) is 15.4. The van der Waals surface area contributed by atoms with Gasteiger partial charge in [0.2, 0.25) is 0 Å². The van der Waals surface area contributed by atoms with Gasteiger partial charge in [-0.25, -0.2) is 0 Å². The SMILES string of the molecule is OB(O)OI.[H-].[Li+]. The van der Waals surface area contributed by atoms with Crippen LogP contribution in [0.4, 0.5) is 0 Å². The summed E-state index contributed by atoms with van der Waals surface area (Å²) in [6.45, 7) is 0. The smallest absolute Gasteiger partial charge is 1.00 e. The Kier molecular flexibility index (Phi) is 10.8. The van der Waals surface area contributed by atoms with Crippen LogP contribution in [-0.4, -0.2) is 17.4 Å².